The Bertz CT molecular complexity index is 1010. The number of carbonyl (C=O) groups excluding carboxylic acids is 1. The van der Waals surface area contributed by atoms with Gasteiger partial charge in [0.2, 0.25) is 0 Å². The number of aromatic nitrogens is 3. The highest BCUT2D eigenvalue weighted by Gasteiger charge is 2.31. The lowest BCUT2D eigenvalue weighted by molar-refractivity contribution is 0.0703. The zero-order chi connectivity index (χ0) is 19.1. The average molecular weight is 401 g/mol. The predicted octanol–water partition coefficient (Wildman–Crippen LogP) is 4.17. The number of carbonyl (C=O) groups is 1. The second-order valence-corrected chi connectivity index (χ2v) is 8.45. The molecule has 3 aromatic rings. The minimum absolute atomic E-state index is 0.0361. The number of nitrogens with zero attached hydrogens (tertiary/aromatic N) is 4. The quantitative estimate of drug-likeness (QED) is 0.647. The fraction of sp³-hybridized carbons (Fsp3) is 0.350. The summed E-state index contributed by atoms with van der Waals surface area (Å²) in [5, 5.41) is 6.03. The van der Waals surface area contributed by atoms with Gasteiger partial charge < -0.3 is 4.90 Å². The standard InChI is InChI=1S/C20H21ClN4OS/c1-12-10-16(18-13(2)23-24(3)19(18)22-12)20(26)25-8-9-27-11-17(25)14-4-6-15(21)7-5-14/h4-7,10,17H,8-9,11H2,1-3H3. The Morgan fingerprint density at radius 3 is 2.74 bits per heavy atom. The average Bonchev–Trinajstić information content (AvgIpc) is 2.95. The molecule has 0 radical (unpaired) electrons. The number of amides is 1. The van der Waals surface area contributed by atoms with E-state index in [4.69, 9.17) is 11.6 Å². The van der Waals surface area contributed by atoms with Gasteiger partial charge in [-0.2, -0.15) is 16.9 Å². The summed E-state index contributed by atoms with van der Waals surface area (Å²) < 4.78 is 1.75. The molecule has 1 amide bonds. The van der Waals surface area contributed by atoms with Crippen molar-refractivity contribution < 1.29 is 4.79 Å². The van der Waals surface area contributed by atoms with Crippen LogP contribution in [-0.2, 0) is 7.05 Å². The van der Waals surface area contributed by atoms with Crippen LogP contribution in [-0.4, -0.2) is 43.6 Å². The molecule has 0 saturated carbocycles. The molecule has 0 N–H and O–H groups in total. The highest BCUT2D eigenvalue weighted by molar-refractivity contribution is 7.99. The maximum absolute atomic E-state index is 13.6. The van der Waals surface area contributed by atoms with Gasteiger partial charge in [-0.25, -0.2) is 4.98 Å². The van der Waals surface area contributed by atoms with Crippen LogP contribution in [0.1, 0.15) is 33.4 Å². The van der Waals surface area contributed by atoms with Crippen LogP contribution in [0.2, 0.25) is 5.02 Å². The highest BCUT2D eigenvalue weighted by atomic mass is 35.5. The number of hydrogen-bond donors (Lipinski definition) is 0. The molecule has 140 valence electrons. The molecule has 1 aliphatic heterocycles. The van der Waals surface area contributed by atoms with Crippen molar-refractivity contribution in [2.75, 3.05) is 18.1 Å². The molecule has 1 fully saturated rings. The van der Waals surface area contributed by atoms with Crippen LogP contribution >= 0.6 is 23.4 Å². The predicted molar refractivity (Wildman–Crippen MR) is 111 cm³/mol. The minimum Gasteiger partial charge on any atom is -0.330 e. The van der Waals surface area contributed by atoms with Crippen LogP contribution in [0.5, 0.6) is 0 Å². The number of thioether (sulfide) groups is 1. The monoisotopic (exact) mass is 400 g/mol. The van der Waals surface area contributed by atoms with Gasteiger partial charge in [-0.05, 0) is 37.6 Å². The van der Waals surface area contributed by atoms with Crippen molar-refractivity contribution in [3.63, 3.8) is 0 Å². The van der Waals surface area contributed by atoms with E-state index in [1.165, 1.54) is 0 Å². The summed E-state index contributed by atoms with van der Waals surface area (Å²) in [6.45, 7) is 4.57. The van der Waals surface area contributed by atoms with E-state index in [1.807, 2.05) is 67.9 Å². The molecule has 27 heavy (non-hydrogen) atoms. The fourth-order valence-corrected chi connectivity index (χ4v) is 4.92. The Balaban J connectivity index is 1.79. The van der Waals surface area contributed by atoms with Crippen LogP contribution in [0, 0.1) is 13.8 Å². The summed E-state index contributed by atoms with van der Waals surface area (Å²) in [6, 6.07) is 9.73. The molecule has 5 nitrogen and oxygen atoms in total. The smallest absolute Gasteiger partial charge is 0.255 e. The van der Waals surface area contributed by atoms with Gasteiger partial charge in [-0.3, -0.25) is 9.48 Å². The Morgan fingerprint density at radius 2 is 2.00 bits per heavy atom. The van der Waals surface area contributed by atoms with Gasteiger partial charge in [-0.15, -0.1) is 0 Å². The van der Waals surface area contributed by atoms with Crippen LogP contribution in [0.4, 0.5) is 0 Å². The van der Waals surface area contributed by atoms with E-state index in [-0.39, 0.29) is 11.9 Å². The number of fused-ring (bicyclic) bond motifs is 1. The second-order valence-electron chi connectivity index (χ2n) is 6.86. The van der Waals surface area contributed by atoms with E-state index in [2.05, 4.69) is 10.1 Å². The molecule has 2 aromatic heterocycles. The van der Waals surface area contributed by atoms with Crippen LogP contribution in [0.15, 0.2) is 30.3 Å². The topological polar surface area (TPSA) is 51.0 Å². The summed E-state index contributed by atoms with van der Waals surface area (Å²) in [5.74, 6) is 1.86. The lowest BCUT2D eigenvalue weighted by Gasteiger charge is -2.36. The minimum atomic E-state index is 0.0361. The zero-order valence-electron chi connectivity index (χ0n) is 15.6. The molecule has 3 heterocycles. The summed E-state index contributed by atoms with van der Waals surface area (Å²) in [4.78, 5) is 20.2. The number of rotatable bonds is 2. The van der Waals surface area contributed by atoms with Crippen LogP contribution in [0.3, 0.4) is 0 Å². The largest absolute Gasteiger partial charge is 0.330 e. The Labute approximate surface area is 167 Å². The highest BCUT2D eigenvalue weighted by Crippen LogP contribution is 2.33. The zero-order valence-corrected chi connectivity index (χ0v) is 17.1. The van der Waals surface area contributed by atoms with E-state index in [1.54, 1.807) is 4.68 Å². The van der Waals surface area contributed by atoms with E-state index in [0.29, 0.717) is 10.6 Å². The number of aryl methyl sites for hydroxylation is 3. The molecule has 7 heteroatoms. The molecule has 1 atom stereocenters. The third-order valence-electron chi connectivity index (χ3n) is 4.97. The molecule has 0 spiro atoms. The number of pyridine rings is 1. The van der Waals surface area contributed by atoms with Gasteiger partial charge in [0, 0.05) is 35.8 Å². The SMILES string of the molecule is Cc1cc(C(=O)N2CCSCC2c2ccc(Cl)cc2)c2c(C)nn(C)c2n1. The molecular formula is C20H21ClN4OS. The first kappa shape index (κ1) is 18.3. The number of hydrogen-bond acceptors (Lipinski definition) is 4. The first-order valence-corrected chi connectivity index (χ1v) is 10.4. The third kappa shape index (κ3) is 3.32. The molecule has 1 unspecified atom stereocenters. The maximum atomic E-state index is 13.6. The lowest BCUT2D eigenvalue weighted by Crippen LogP contribution is -2.41. The van der Waals surface area contributed by atoms with Crippen LogP contribution < -0.4 is 0 Å². The summed E-state index contributed by atoms with van der Waals surface area (Å²) in [7, 11) is 1.87. The van der Waals surface area contributed by atoms with Gasteiger partial charge in [0.05, 0.1) is 22.7 Å². The normalized spacial score (nSPS) is 17.5. The first-order valence-electron chi connectivity index (χ1n) is 8.91. The molecule has 1 aliphatic rings. The van der Waals surface area contributed by atoms with Gasteiger partial charge in [-0.1, -0.05) is 23.7 Å². The van der Waals surface area contributed by atoms with E-state index in [0.717, 1.165) is 46.0 Å². The van der Waals surface area contributed by atoms with E-state index >= 15 is 0 Å². The molecule has 4 rings (SSSR count). The van der Waals surface area contributed by atoms with Gasteiger partial charge in [0.15, 0.2) is 5.65 Å². The Morgan fingerprint density at radius 1 is 1.26 bits per heavy atom. The van der Waals surface area contributed by atoms with E-state index < -0.39 is 0 Å². The third-order valence-corrected chi connectivity index (χ3v) is 6.25. The first-order chi connectivity index (χ1) is 13.0. The van der Waals surface area contributed by atoms with Crippen molar-refractivity contribution in [1.29, 1.82) is 0 Å². The summed E-state index contributed by atoms with van der Waals surface area (Å²) >= 11 is 7.92. The van der Waals surface area contributed by atoms with Crippen LogP contribution in [0.25, 0.3) is 11.0 Å². The van der Waals surface area contributed by atoms with Crippen molar-refractivity contribution in [3.8, 4) is 0 Å². The van der Waals surface area contributed by atoms with Crippen molar-refractivity contribution in [2.45, 2.75) is 19.9 Å². The van der Waals surface area contributed by atoms with Gasteiger partial charge >= 0.3 is 0 Å². The van der Waals surface area contributed by atoms with Crippen molar-refractivity contribution >= 4 is 40.3 Å². The molecule has 0 aliphatic carbocycles. The van der Waals surface area contributed by atoms with Crippen molar-refractivity contribution in [3.05, 3.63) is 57.9 Å². The summed E-state index contributed by atoms with van der Waals surface area (Å²) in [5.41, 5.74) is 4.21. The van der Waals surface area contributed by atoms with E-state index in [9.17, 15) is 4.79 Å². The Kier molecular flexibility index (Phi) is 4.86. The molecular weight excluding hydrogens is 380 g/mol. The molecule has 0 bridgehead atoms. The number of halogens is 1. The van der Waals surface area contributed by atoms with Crippen molar-refractivity contribution in [1.82, 2.24) is 19.7 Å². The maximum Gasteiger partial charge on any atom is 0.255 e. The van der Waals surface area contributed by atoms with Gasteiger partial charge in [0.25, 0.3) is 5.91 Å². The fourth-order valence-electron chi connectivity index (χ4n) is 3.70. The lowest BCUT2D eigenvalue weighted by atomic mass is 10.0. The number of benzene rings is 1. The summed E-state index contributed by atoms with van der Waals surface area (Å²) in [6.07, 6.45) is 0. The Hall–Kier alpha value is -2.05. The molecule has 1 saturated heterocycles. The second kappa shape index (κ2) is 7.17. The molecule has 1 aromatic carbocycles. The van der Waals surface area contributed by atoms with Crippen molar-refractivity contribution in [2.24, 2.45) is 7.05 Å². The van der Waals surface area contributed by atoms with Gasteiger partial charge in [0.1, 0.15) is 0 Å².